The number of methoxy groups -OCH3 is 1. The number of nitrogens with zero attached hydrogens (tertiary/aromatic N) is 2. The van der Waals surface area contributed by atoms with Crippen molar-refractivity contribution < 1.29 is 9.53 Å². The highest BCUT2D eigenvalue weighted by molar-refractivity contribution is 7.09. The van der Waals surface area contributed by atoms with Crippen molar-refractivity contribution in [1.29, 1.82) is 0 Å². The van der Waals surface area contributed by atoms with Crippen LogP contribution in [0.5, 0.6) is 5.75 Å². The molecule has 2 N–H and O–H groups in total. The van der Waals surface area contributed by atoms with Gasteiger partial charge < -0.3 is 15.4 Å². The van der Waals surface area contributed by atoms with Gasteiger partial charge in [-0.3, -0.25) is 4.79 Å². The molecule has 1 unspecified atom stereocenters. The minimum atomic E-state index is -0.0771. The Morgan fingerprint density at radius 2 is 2.29 bits per heavy atom. The van der Waals surface area contributed by atoms with Crippen LogP contribution in [0.15, 0.2) is 17.5 Å². The van der Waals surface area contributed by atoms with Crippen LogP contribution in [0.3, 0.4) is 0 Å². The summed E-state index contributed by atoms with van der Waals surface area (Å²) in [6.45, 7) is 3.38. The van der Waals surface area contributed by atoms with Crippen LogP contribution in [-0.4, -0.2) is 36.0 Å². The number of thiazole rings is 1. The lowest BCUT2D eigenvalue weighted by Gasteiger charge is -2.32. The Bertz CT molecular complexity index is 762. The van der Waals surface area contributed by atoms with Crippen molar-refractivity contribution in [2.24, 2.45) is 0 Å². The fourth-order valence-electron chi connectivity index (χ4n) is 3.00. The van der Waals surface area contributed by atoms with Crippen molar-refractivity contribution in [1.82, 2.24) is 9.88 Å². The third-order valence-electron chi connectivity index (χ3n) is 4.24. The Morgan fingerprint density at radius 3 is 2.96 bits per heavy atom. The molecule has 0 radical (unpaired) electrons. The molecule has 1 aromatic heterocycles. The van der Waals surface area contributed by atoms with Crippen molar-refractivity contribution >= 4 is 34.5 Å². The second-order valence-electron chi connectivity index (χ2n) is 5.99. The van der Waals surface area contributed by atoms with Crippen LogP contribution in [-0.2, 0) is 0 Å². The molecule has 5 nitrogen and oxygen atoms in total. The summed E-state index contributed by atoms with van der Waals surface area (Å²) < 4.78 is 5.31. The number of carbonyl (C=O) groups excluding carboxylic acids is 1. The van der Waals surface area contributed by atoms with Crippen LogP contribution >= 0.6 is 22.9 Å². The van der Waals surface area contributed by atoms with Crippen LogP contribution in [0.4, 0.5) is 5.69 Å². The predicted octanol–water partition coefficient (Wildman–Crippen LogP) is 3.72. The lowest BCUT2D eigenvalue weighted by Crippen LogP contribution is -2.39. The van der Waals surface area contributed by atoms with Gasteiger partial charge in [0, 0.05) is 36.1 Å². The van der Waals surface area contributed by atoms with Crippen LogP contribution in [0.2, 0.25) is 5.02 Å². The van der Waals surface area contributed by atoms with Gasteiger partial charge in [-0.1, -0.05) is 11.6 Å². The lowest BCUT2D eigenvalue weighted by atomic mass is 9.98. The third kappa shape index (κ3) is 3.35. The largest absolute Gasteiger partial charge is 0.496 e. The maximum Gasteiger partial charge on any atom is 0.257 e. The maximum atomic E-state index is 13.0. The number of likely N-dealkylation sites (tertiary alicyclic amines) is 1. The third-order valence-corrected chi connectivity index (χ3v) is 5.70. The average Bonchev–Trinajstić information content (AvgIpc) is 3.03. The molecule has 0 bridgehead atoms. The zero-order valence-corrected chi connectivity index (χ0v) is 15.3. The molecule has 0 aliphatic carbocycles. The Balaban J connectivity index is 1.83. The highest BCUT2D eigenvalue weighted by Crippen LogP contribution is 2.33. The number of amides is 1. The molecule has 7 heteroatoms. The van der Waals surface area contributed by atoms with Gasteiger partial charge in [-0.25, -0.2) is 4.98 Å². The number of piperidine rings is 1. The maximum absolute atomic E-state index is 13.0. The van der Waals surface area contributed by atoms with Gasteiger partial charge in [0.15, 0.2) is 0 Å². The van der Waals surface area contributed by atoms with Gasteiger partial charge in [0.1, 0.15) is 5.75 Å². The first kappa shape index (κ1) is 17.0. The number of benzene rings is 1. The number of aromatic nitrogens is 1. The quantitative estimate of drug-likeness (QED) is 0.842. The molecule has 128 valence electrons. The van der Waals surface area contributed by atoms with E-state index in [1.54, 1.807) is 23.5 Å². The first-order valence-corrected chi connectivity index (χ1v) is 9.09. The SMILES string of the molecule is COc1cc(N)c(Cl)cc1C(=O)N1CCCC(c2nc(C)cs2)C1. The summed E-state index contributed by atoms with van der Waals surface area (Å²) >= 11 is 7.76. The summed E-state index contributed by atoms with van der Waals surface area (Å²) in [5.41, 5.74) is 7.69. The molecule has 1 aliphatic rings. The van der Waals surface area contributed by atoms with E-state index in [-0.39, 0.29) is 11.8 Å². The van der Waals surface area contributed by atoms with E-state index in [9.17, 15) is 4.79 Å². The van der Waals surface area contributed by atoms with Crippen molar-refractivity contribution in [3.05, 3.63) is 38.8 Å². The van der Waals surface area contributed by atoms with Crippen LogP contribution in [0.1, 0.15) is 39.8 Å². The second-order valence-corrected chi connectivity index (χ2v) is 7.29. The second kappa shape index (κ2) is 6.99. The minimum absolute atomic E-state index is 0.0771. The molecule has 2 heterocycles. The Morgan fingerprint density at radius 1 is 1.50 bits per heavy atom. The molecule has 1 fully saturated rings. The Labute approximate surface area is 150 Å². The molecule has 0 saturated carbocycles. The van der Waals surface area contributed by atoms with Gasteiger partial charge in [-0.15, -0.1) is 11.3 Å². The van der Waals surface area contributed by atoms with E-state index in [2.05, 4.69) is 10.4 Å². The van der Waals surface area contributed by atoms with E-state index >= 15 is 0 Å². The molecule has 1 aromatic carbocycles. The fraction of sp³-hybridized carbons (Fsp3) is 0.412. The van der Waals surface area contributed by atoms with Crippen molar-refractivity contribution in [2.45, 2.75) is 25.7 Å². The molecule has 0 spiro atoms. The number of rotatable bonds is 3. The summed E-state index contributed by atoms with van der Waals surface area (Å²) in [6.07, 6.45) is 2.01. The van der Waals surface area contributed by atoms with Gasteiger partial charge in [0.2, 0.25) is 0 Å². The molecule has 3 rings (SSSR count). The van der Waals surface area contributed by atoms with E-state index in [4.69, 9.17) is 22.1 Å². The molecular formula is C17H20ClN3O2S. The number of aryl methyl sites for hydroxylation is 1. The monoisotopic (exact) mass is 365 g/mol. The number of halogens is 1. The number of ether oxygens (including phenoxy) is 1. The van der Waals surface area contributed by atoms with E-state index in [0.29, 0.717) is 28.6 Å². The van der Waals surface area contributed by atoms with Crippen molar-refractivity contribution in [3.8, 4) is 5.75 Å². The smallest absolute Gasteiger partial charge is 0.257 e. The van der Waals surface area contributed by atoms with Crippen LogP contribution in [0, 0.1) is 6.92 Å². The van der Waals surface area contributed by atoms with Crippen LogP contribution < -0.4 is 10.5 Å². The van der Waals surface area contributed by atoms with Crippen molar-refractivity contribution in [3.63, 3.8) is 0 Å². The zero-order valence-electron chi connectivity index (χ0n) is 13.7. The summed E-state index contributed by atoms with van der Waals surface area (Å²) in [6, 6.07) is 3.19. The molecule has 2 aromatic rings. The fourth-order valence-corrected chi connectivity index (χ4v) is 4.09. The van der Waals surface area contributed by atoms with E-state index in [0.717, 1.165) is 30.1 Å². The molecule has 1 amide bonds. The zero-order chi connectivity index (χ0) is 17.3. The van der Waals surface area contributed by atoms with Gasteiger partial charge in [0.05, 0.1) is 28.4 Å². The number of nitrogens with two attached hydrogens (primary N) is 1. The van der Waals surface area contributed by atoms with Crippen LogP contribution in [0.25, 0.3) is 0 Å². The topological polar surface area (TPSA) is 68.5 Å². The number of nitrogen functional groups attached to an aromatic ring is 1. The molecular weight excluding hydrogens is 346 g/mol. The minimum Gasteiger partial charge on any atom is -0.496 e. The van der Waals surface area contributed by atoms with E-state index in [1.165, 1.54) is 7.11 Å². The van der Waals surface area contributed by atoms with E-state index in [1.807, 2.05) is 11.8 Å². The Kier molecular flexibility index (Phi) is 4.96. The van der Waals surface area contributed by atoms with Gasteiger partial charge in [0.25, 0.3) is 5.91 Å². The lowest BCUT2D eigenvalue weighted by molar-refractivity contribution is 0.0703. The Hall–Kier alpha value is -1.79. The highest BCUT2D eigenvalue weighted by atomic mass is 35.5. The predicted molar refractivity (Wildman–Crippen MR) is 97.1 cm³/mol. The standard InChI is InChI=1S/C17H20ClN3O2S/c1-10-9-24-16(20-10)11-4-3-5-21(8-11)17(22)12-6-13(18)14(19)7-15(12)23-2/h6-7,9,11H,3-5,8,19H2,1-2H3. The molecule has 1 saturated heterocycles. The van der Waals surface area contributed by atoms with Gasteiger partial charge in [-0.05, 0) is 25.8 Å². The first-order chi connectivity index (χ1) is 11.5. The normalized spacial score (nSPS) is 17.8. The average molecular weight is 366 g/mol. The molecule has 1 atom stereocenters. The van der Waals surface area contributed by atoms with Crippen molar-refractivity contribution in [2.75, 3.05) is 25.9 Å². The summed E-state index contributed by atoms with van der Waals surface area (Å²) in [5.74, 6) is 0.664. The number of hydrogen-bond acceptors (Lipinski definition) is 5. The summed E-state index contributed by atoms with van der Waals surface area (Å²) in [5, 5.41) is 3.52. The van der Waals surface area contributed by atoms with Gasteiger partial charge in [-0.2, -0.15) is 0 Å². The summed E-state index contributed by atoms with van der Waals surface area (Å²) in [4.78, 5) is 19.4. The first-order valence-electron chi connectivity index (χ1n) is 7.84. The number of hydrogen-bond donors (Lipinski definition) is 1. The highest BCUT2D eigenvalue weighted by Gasteiger charge is 2.29. The van der Waals surface area contributed by atoms with E-state index < -0.39 is 0 Å². The van der Waals surface area contributed by atoms with Gasteiger partial charge >= 0.3 is 0 Å². The number of carbonyl (C=O) groups is 1. The number of anilines is 1. The molecule has 1 aliphatic heterocycles. The summed E-state index contributed by atoms with van der Waals surface area (Å²) in [7, 11) is 1.52. The molecule has 24 heavy (non-hydrogen) atoms.